The Morgan fingerprint density at radius 2 is 2.04 bits per heavy atom. The molecule has 2 aliphatic rings. The predicted molar refractivity (Wildman–Crippen MR) is 95.7 cm³/mol. The SMILES string of the molecule is Cc1cnn(C[C@@H]2CCCN2C(=O)c2ccc(OCC3CC3)cc2)c1. The minimum atomic E-state index is 0.111. The highest BCUT2D eigenvalue weighted by Crippen LogP contribution is 2.29. The quantitative estimate of drug-likeness (QED) is 0.811. The number of likely N-dealkylation sites (tertiary alicyclic amines) is 1. The van der Waals surface area contributed by atoms with Crippen LogP contribution in [0, 0.1) is 12.8 Å². The number of amides is 1. The van der Waals surface area contributed by atoms with Gasteiger partial charge in [-0.25, -0.2) is 0 Å². The van der Waals surface area contributed by atoms with Gasteiger partial charge in [0.05, 0.1) is 25.4 Å². The van der Waals surface area contributed by atoms with Crippen molar-refractivity contribution < 1.29 is 9.53 Å². The third-order valence-electron chi connectivity index (χ3n) is 5.08. The highest BCUT2D eigenvalue weighted by atomic mass is 16.5. The molecule has 2 heterocycles. The van der Waals surface area contributed by atoms with E-state index in [0.29, 0.717) is 0 Å². The zero-order valence-electron chi connectivity index (χ0n) is 14.7. The molecule has 1 saturated heterocycles. The molecule has 1 aromatic heterocycles. The summed E-state index contributed by atoms with van der Waals surface area (Å²) in [5.74, 6) is 1.70. The Bertz CT molecular complexity index is 734. The van der Waals surface area contributed by atoms with Crippen LogP contribution in [0.4, 0.5) is 0 Å². The number of nitrogens with zero attached hydrogens (tertiary/aromatic N) is 3. The van der Waals surface area contributed by atoms with E-state index >= 15 is 0 Å². The summed E-state index contributed by atoms with van der Waals surface area (Å²) in [7, 11) is 0. The van der Waals surface area contributed by atoms with Crippen LogP contribution in [-0.4, -0.2) is 39.8 Å². The van der Waals surface area contributed by atoms with E-state index in [9.17, 15) is 4.79 Å². The minimum absolute atomic E-state index is 0.111. The molecule has 2 fully saturated rings. The van der Waals surface area contributed by atoms with Crippen molar-refractivity contribution in [3.8, 4) is 5.75 Å². The zero-order chi connectivity index (χ0) is 17.2. The average Bonchev–Trinajstić information content (AvgIpc) is 3.20. The Morgan fingerprint density at radius 1 is 1.24 bits per heavy atom. The van der Waals surface area contributed by atoms with E-state index in [1.165, 1.54) is 12.8 Å². The summed E-state index contributed by atoms with van der Waals surface area (Å²) < 4.78 is 7.70. The Hall–Kier alpha value is -2.30. The molecule has 2 aromatic rings. The summed E-state index contributed by atoms with van der Waals surface area (Å²) >= 11 is 0. The molecule has 0 radical (unpaired) electrons. The number of hydrogen-bond acceptors (Lipinski definition) is 3. The molecule has 1 atom stereocenters. The molecule has 5 nitrogen and oxygen atoms in total. The molecule has 132 valence electrons. The van der Waals surface area contributed by atoms with Crippen LogP contribution in [0.1, 0.15) is 41.6 Å². The first kappa shape index (κ1) is 16.2. The Labute approximate surface area is 148 Å². The molecule has 1 aliphatic heterocycles. The molecule has 1 aliphatic carbocycles. The third kappa shape index (κ3) is 3.86. The van der Waals surface area contributed by atoms with Crippen molar-refractivity contribution in [2.75, 3.05) is 13.2 Å². The topological polar surface area (TPSA) is 47.4 Å². The number of carbonyl (C=O) groups excluding carboxylic acids is 1. The molecule has 4 rings (SSSR count). The largest absolute Gasteiger partial charge is 0.493 e. The van der Waals surface area contributed by atoms with Crippen LogP contribution < -0.4 is 4.74 Å². The predicted octanol–water partition coefficient (Wildman–Crippen LogP) is 3.29. The lowest BCUT2D eigenvalue weighted by molar-refractivity contribution is 0.0721. The second-order valence-corrected chi connectivity index (χ2v) is 7.31. The number of hydrogen-bond donors (Lipinski definition) is 0. The fourth-order valence-electron chi connectivity index (χ4n) is 3.43. The lowest BCUT2D eigenvalue weighted by atomic mass is 10.1. The van der Waals surface area contributed by atoms with E-state index in [4.69, 9.17) is 4.74 Å². The van der Waals surface area contributed by atoms with Gasteiger partial charge >= 0.3 is 0 Å². The van der Waals surface area contributed by atoms with Gasteiger partial charge in [0.2, 0.25) is 0 Å². The van der Waals surface area contributed by atoms with Crippen LogP contribution in [0.2, 0.25) is 0 Å². The number of benzene rings is 1. The van der Waals surface area contributed by atoms with Crippen molar-refractivity contribution in [2.24, 2.45) is 5.92 Å². The molecule has 0 N–H and O–H groups in total. The smallest absolute Gasteiger partial charge is 0.254 e. The van der Waals surface area contributed by atoms with Gasteiger partial charge in [-0.3, -0.25) is 9.48 Å². The first-order chi connectivity index (χ1) is 12.2. The van der Waals surface area contributed by atoms with Gasteiger partial charge in [-0.05, 0) is 68.4 Å². The monoisotopic (exact) mass is 339 g/mol. The summed E-state index contributed by atoms with van der Waals surface area (Å²) in [6.07, 6.45) is 8.55. The van der Waals surface area contributed by atoms with Crippen LogP contribution in [0.3, 0.4) is 0 Å². The van der Waals surface area contributed by atoms with E-state index in [1.807, 2.05) is 53.2 Å². The zero-order valence-corrected chi connectivity index (χ0v) is 14.7. The maximum Gasteiger partial charge on any atom is 0.254 e. The summed E-state index contributed by atoms with van der Waals surface area (Å²) in [5.41, 5.74) is 1.89. The Morgan fingerprint density at radius 3 is 2.72 bits per heavy atom. The molecule has 1 aromatic carbocycles. The lowest BCUT2D eigenvalue weighted by Crippen LogP contribution is -2.38. The van der Waals surface area contributed by atoms with E-state index in [-0.39, 0.29) is 11.9 Å². The summed E-state index contributed by atoms with van der Waals surface area (Å²) in [4.78, 5) is 14.9. The molecular formula is C20H25N3O2. The third-order valence-corrected chi connectivity index (χ3v) is 5.08. The number of ether oxygens (including phenoxy) is 1. The van der Waals surface area contributed by atoms with Crippen LogP contribution in [-0.2, 0) is 6.54 Å². The van der Waals surface area contributed by atoms with Gasteiger partial charge in [0.1, 0.15) is 5.75 Å². The van der Waals surface area contributed by atoms with Crippen molar-refractivity contribution in [3.63, 3.8) is 0 Å². The molecule has 25 heavy (non-hydrogen) atoms. The maximum atomic E-state index is 12.9. The molecule has 0 bridgehead atoms. The van der Waals surface area contributed by atoms with Gasteiger partial charge in [-0.15, -0.1) is 0 Å². The molecule has 5 heteroatoms. The minimum Gasteiger partial charge on any atom is -0.493 e. The Kier molecular flexibility index (Phi) is 4.47. The van der Waals surface area contributed by atoms with Gasteiger partial charge in [0, 0.05) is 18.3 Å². The highest BCUT2D eigenvalue weighted by molar-refractivity contribution is 5.94. The lowest BCUT2D eigenvalue weighted by Gasteiger charge is -2.25. The van der Waals surface area contributed by atoms with Crippen molar-refractivity contribution in [3.05, 3.63) is 47.8 Å². The van der Waals surface area contributed by atoms with Gasteiger partial charge in [0.15, 0.2) is 0 Å². The standard InChI is InChI=1S/C20H25N3O2/c1-15-11-21-22(12-15)13-18-3-2-10-23(18)20(24)17-6-8-19(9-7-17)25-14-16-4-5-16/h6-9,11-12,16,18H,2-5,10,13-14H2,1H3/t18-/m0/s1. The van der Waals surface area contributed by atoms with Gasteiger partial charge in [0.25, 0.3) is 5.91 Å². The number of aromatic nitrogens is 2. The van der Waals surface area contributed by atoms with Crippen molar-refractivity contribution in [1.29, 1.82) is 0 Å². The number of carbonyl (C=O) groups is 1. The van der Waals surface area contributed by atoms with E-state index < -0.39 is 0 Å². The summed E-state index contributed by atoms with van der Waals surface area (Å²) in [6.45, 7) is 4.42. The van der Waals surface area contributed by atoms with Gasteiger partial charge < -0.3 is 9.64 Å². The molecule has 1 saturated carbocycles. The van der Waals surface area contributed by atoms with E-state index in [0.717, 1.165) is 55.3 Å². The molecular weight excluding hydrogens is 314 g/mol. The first-order valence-corrected chi connectivity index (χ1v) is 9.22. The van der Waals surface area contributed by atoms with Crippen LogP contribution in [0.15, 0.2) is 36.7 Å². The fraction of sp³-hybridized carbons (Fsp3) is 0.500. The second-order valence-electron chi connectivity index (χ2n) is 7.31. The molecule has 0 unspecified atom stereocenters. The molecule has 0 spiro atoms. The van der Waals surface area contributed by atoms with Crippen LogP contribution in [0.5, 0.6) is 5.75 Å². The highest BCUT2D eigenvalue weighted by Gasteiger charge is 2.30. The average molecular weight is 339 g/mol. The van der Waals surface area contributed by atoms with E-state index in [1.54, 1.807) is 0 Å². The Balaban J connectivity index is 1.39. The van der Waals surface area contributed by atoms with Crippen LogP contribution >= 0.6 is 0 Å². The van der Waals surface area contributed by atoms with Gasteiger partial charge in [-0.2, -0.15) is 5.10 Å². The number of aryl methyl sites for hydroxylation is 1. The second kappa shape index (κ2) is 6.90. The van der Waals surface area contributed by atoms with E-state index in [2.05, 4.69) is 5.10 Å². The first-order valence-electron chi connectivity index (χ1n) is 9.22. The van der Waals surface area contributed by atoms with Crippen LogP contribution in [0.25, 0.3) is 0 Å². The summed E-state index contributed by atoms with van der Waals surface area (Å²) in [6, 6.07) is 7.82. The maximum absolute atomic E-state index is 12.9. The van der Waals surface area contributed by atoms with Crippen molar-refractivity contribution >= 4 is 5.91 Å². The number of rotatable bonds is 6. The molecule has 1 amide bonds. The van der Waals surface area contributed by atoms with Crippen molar-refractivity contribution in [1.82, 2.24) is 14.7 Å². The summed E-state index contributed by atoms with van der Waals surface area (Å²) in [5, 5.41) is 4.36. The van der Waals surface area contributed by atoms with Gasteiger partial charge in [-0.1, -0.05) is 0 Å². The van der Waals surface area contributed by atoms with Crippen molar-refractivity contribution in [2.45, 2.75) is 45.2 Å². The normalized spacial score (nSPS) is 20.0. The fourth-order valence-corrected chi connectivity index (χ4v) is 3.43.